The number of hydrogen-bond acceptors (Lipinski definition) is 1. The van der Waals surface area contributed by atoms with Gasteiger partial charge in [-0.1, -0.05) is 50.5 Å². The Balaban J connectivity index is 1.41. The summed E-state index contributed by atoms with van der Waals surface area (Å²) in [6, 6.07) is 4.26. The van der Waals surface area contributed by atoms with Crippen molar-refractivity contribution in [3.63, 3.8) is 0 Å². The SMILES string of the molecule is CCCCCC1CCC(C=CC#CC2CCC(c3cc(F)c(C#N)c(F)c3)CC2)CC1. The fourth-order valence-electron chi connectivity index (χ4n) is 5.21. The zero-order valence-corrected chi connectivity index (χ0v) is 18.8. The average Bonchev–Trinajstić information content (AvgIpc) is 2.78. The van der Waals surface area contributed by atoms with E-state index in [-0.39, 0.29) is 5.92 Å². The summed E-state index contributed by atoms with van der Waals surface area (Å²) in [6.07, 6.45) is 18.9. The Kier molecular flexibility index (Phi) is 9.14. The molecular formula is C28H35F2N. The molecule has 0 unspecified atom stereocenters. The average molecular weight is 424 g/mol. The second-order valence-corrected chi connectivity index (χ2v) is 9.44. The quantitative estimate of drug-likeness (QED) is 0.335. The Morgan fingerprint density at radius 1 is 0.968 bits per heavy atom. The summed E-state index contributed by atoms with van der Waals surface area (Å²) < 4.78 is 27.8. The number of rotatable bonds is 6. The van der Waals surface area contributed by atoms with E-state index in [1.807, 2.05) is 0 Å². The molecule has 1 aromatic carbocycles. The van der Waals surface area contributed by atoms with Crippen LogP contribution in [0.5, 0.6) is 0 Å². The van der Waals surface area contributed by atoms with Crippen LogP contribution >= 0.6 is 0 Å². The molecule has 0 N–H and O–H groups in total. The lowest BCUT2D eigenvalue weighted by Crippen LogP contribution is -2.13. The lowest BCUT2D eigenvalue weighted by molar-refractivity contribution is 0.289. The highest BCUT2D eigenvalue weighted by Crippen LogP contribution is 2.36. The number of allylic oxidation sites excluding steroid dienone is 2. The minimum absolute atomic E-state index is 0.151. The van der Waals surface area contributed by atoms with Gasteiger partial charge in [-0.15, -0.1) is 0 Å². The van der Waals surface area contributed by atoms with E-state index in [4.69, 9.17) is 5.26 Å². The molecule has 2 fully saturated rings. The highest BCUT2D eigenvalue weighted by molar-refractivity contribution is 5.36. The van der Waals surface area contributed by atoms with Crippen molar-refractivity contribution in [1.29, 1.82) is 5.26 Å². The summed E-state index contributed by atoms with van der Waals surface area (Å²) in [5, 5.41) is 8.82. The largest absolute Gasteiger partial charge is 0.205 e. The number of hydrogen-bond donors (Lipinski definition) is 0. The van der Waals surface area contributed by atoms with Crippen LogP contribution in [0.1, 0.15) is 101 Å². The summed E-state index contributed by atoms with van der Waals surface area (Å²) >= 11 is 0. The maximum absolute atomic E-state index is 13.9. The van der Waals surface area contributed by atoms with Crippen LogP contribution in [0, 0.1) is 52.6 Å². The van der Waals surface area contributed by atoms with Gasteiger partial charge in [0.15, 0.2) is 0 Å². The van der Waals surface area contributed by atoms with E-state index in [1.165, 1.54) is 63.5 Å². The van der Waals surface area contributed by atoms with E-state index in [0.717, 1.165) is 31.6 Å². The molecule has 2 saturated carbocycles. The third-order valence-corrected chi connectivity index (χ3v) is 7.22. The Labute approximate surface area is 186 Å². The maximum Gasteiger partial charge on any atom is 0.144 e. The predicted octanol–water partition coefficient (Wildman–Crippen LogP) is 8.06. The van der Waals surface area contributed by atoms with Crippen molar-refractivity contribution in [3.8, 4) is 17.9 Å². The van der Waals surface area contributed by atoms with Crippen molar-refractivity contribution in [1.82, 2.24) is 0 Å². The number of nitriles is 1. The second-order valence-electron chi connectivity index (χ2n) is 9.44. The summed E-state index contributed by atoms with van der Waals surface area (Å²) in [5.74, 6) is 7.29. The first kappa shape index (κ1) is 23.5. The first-order valence-corrected chi connectivity index (χ1v) is 12.2. The van der Waals surface area contributed by atoms with Gasteiger partial charge in [0, 0.05) is 5.92 Å². The number of benzene rings is 1. The number of unbranched alkanes of at least 4 members (excludes halogenated alkanes) is 2. The van der Waals surface area contributed by atoms with E-state index in [0.29, 0.717) is 17.4 Å². The van der Waals surface area contributed by atoms with Crippen molar-refractivity contribution in [2.45, 2.75) is 89.9 Å². The van der Waals surface area contributed by atoms with Crippen molar-refractivity contribution >= 4 is 0 Å². The van der Waals surface area contributed by atoms with Gasteiger partial charge < -0.3 is 0 Å². The van der Waals surface area contributed by atoms with Gasteiger partial charge in [-0.2, -0.15) is 5.26 Å². The van der Waals surface area contributed by atoms with E-state index >= 15 is 0 Å². The van der Waals surface area contributed by atoms with Gasteiger partial charge in [0.1, 0.15) is 23.3 Å². The van der Waals surface area contributed by atoms with Gasteiger partial charge in [-0.3, -0.25) is 0 Å². The normalized spacial score (nSPS) is 26.3. The monoisotopic (exact) mass is 423 g/mol. The third kappa shape index (κ3) is 6.93. The van der Waals surface area contributed by atoms with Crippen molar-refractivity contribution < 1.29 is 8.78 Å². The third-order valence-electron chi connectivity index (χ3n) is 7.22. The lowest BCUT2D eigenvalue weighted by atomic mass is 9.78. The molecule has 1 aromatic rings. The maximum atomic E-state index is 13.9. The predicted molar refractivity (Wildman–Crippen MR) is 122 cm³/mol. The van der Waals surface area contributed by atoms with Gasteiger partial charge in [-0.05, 0) is 92.9 Å². The van der Waals surface area contributed by atoms with Gasteiger partial charge in [-0.25, -0.2) is 8.78 Å². The van der Waals surface area contributed by atoms with E-state index < -0.39 is 17.2 Å². The molecule has 0 bridgehead atoms. The Hall–Kier alpha value is -2.13. The highest BCUT2D eigenvalue weighted by Gasteiger charge is 2.23. The van der Waals surface area contributed by atoms with Crippen LogP contribution in [0.4, 0.5) is 8.78 Å². The Bertz CT molecular complexity index is 815. The van der Waals surface area contributed by atoms with E-state index in [1.54, 1.807) is 6.07 Å². The fraction of sp³-hybridized carbons (Fsp3) is 0.607. The molecule has 0 heterocycles. The van der Waals surface area contributed by atoms with Gasteiger partial charge in [0.25, 0.3) is 0 Å². The topological polar surface area (TPSA) is 23.8 Å². The molecular weight excluding hydrogens is 388 g/mol. The second kappa shape index (κ2) is 12.0. The first-order chi connectivity index (χ1) is 15.1. The molecule has 0 saturated heterocycles. The molecule has 3 rings (SSSR count). The fourth-order valence-corrected chi connectivity index (χ4v) is 5.21. The van der Waals surface area contributed by atoms with Gasteiger partial charge in [0.05, 0.1) is 0 Å². The molecule has 0 aliphatic heterocycles. The molecule has 0 atom stereocenters. The molecule has 2 aliphatic rings. The highest BCUT2D eigenvalue weighted by atomic mass is 19.1. The first-order valence-electron chi connectivity index (χ1n) is 12.2. The summed E-state index contributed by atoms with van der Waals surface area (Å²) in [7, 11) is 0. The molecule has 3 heteroatoms. The standard InChI is InChI=1S/C28H35F2N/c1-2-3-4-7-21-10-12-22(13-11-21)8-5-6-9-23-14-16-24(17-15-23)25-18-27(29)26(20-31)28(30)19-25/h5,8,18-19,21-24H,2-4,7,10-17H2,1H3. The minimum Gasteiger partial charge on any atom is -0.205 e. The summed E-state index contributed by atoms with van der Waals surface area (Å²) in [4.78, 5) is 0. The number of nitrogens with zero attached hydrogens (tertiary/aromatic N) is 1. The number of halogens is 2. The molecule has 31 heavy (non-hydrogen) atoms. The lowest BCUT2D eigenvalue weighted by Gasteiger charge is -2.26. The molecule has 0 amide bonds. The van der Waals surface area contributed by atoms with E-state index in [9.17, 15) is 8.78 Å². The molecule has 0 radical (unpaired) electrons. The van der Waals surface area contributed by atoms with Crippen LogP contribution in [-0.4, -0.2) is 0 Å². The zero-order valence-electron chi connectivity index (χ0n) is 18.8. The minimum atomic E-state index is -0.750. The van der Waals surface area contributed by atoms with Crippen molar-refractivity contribution in [3.05, 3.63) is 47.0 Å². The van der Waals surface area contributed by atoms with Crippen LogP contribution in [-0.2, 0) is 0 Å². The van der Waals surface area contributed by atoms with Crippen LogP contribution in [0.15, 0.2) is 24.3 Å². The van der Waals surface area contributed by atoms with Crippen LogP contribution in [0.3, 0.4) is 0 Å². The Morgan fingerprint density at radius 3 is 2.26 bits per heavy atom. The van der Waals surface area contributed by atoms with Gasteiger partial charge >= 0.3 is 0 Å². The smallest absolute Gasteiger partial charge is 0.144 e. The Morgan fingerprint density at radius 2 is 1.65 bits per heavy atom. The molecule has 0 aromatic heterocycles. The molecule has 2 aliphatic carbocycles. The summed E-state index contributed by atoms with van der Waals surface area (Å²) in [6.45, 7) is 2.27. The van der Waals surface area contributed by atoms with Crippen LogP contribution in [0.25, 0.3) is 0 Å². The van der Waals surface area contributed by atoms with Crippen LogP contribution < -0.4 is 0 Å². The molecule has 166 valence electrons. The van der Waals surface area contributed by atoms with Crippen LogP contribution in [0.2, 0.25) is 0 Å². The summed E-state index contributed by atoms with van der Waals surface area (Å²) in [5.41, 5.74) is 0.186. The van der Waals surface area contributed by atoms with E-state index in [2.05, 4.69) is 30.9 Å². The molecule has 0 spiro atoms. The molecule has 1 nitrogen and oxygen atoms in total. The zero-order chi connectivity index (χ0) is 22.1. The van der Waals surface area contributed by atoms with Crippen molar-refractivity contribution in [2.75, 3.05) is 0 Å². The van der Waals surface area contributed by atoms with Gasteiger partial charge in [0.2, 0.25) is 0 Å². The van der Waals surface area contributed by atoms with Crippen molar-refractivity contribution in [2.24, 2.45) is 17.8 Å².